The van der Waals surface area contributed by atoms with Crippen LogP contribution < -0.4 is 10.6 Å². The molecule has 19 heavy (non-hydrogen) atoms. The monoisotopic (exact) mass is 276 g/mol. The second-order valence-corrected chi connectivity index (χ2v) is 4.22. The molecule has 2 rings (SSSR count). The number of nitrogens with zero attached hydrogens (tertiary/aromatic N) is 2. The number of rotatable bonds is 5. The van der Waals surface area contributed by atoms with E-state index in [4.69, 9.17) is 11.6 Å². The maximum Gasteiger partial charge on any atom is 0.269 e. The molecule has 0 spiro atoms. The third kappa shape index (κ3) is 4.22. The summed E-state index contributed by atoms with van der Waals surface area (Å²) < 4.78 is 0. The molecule has 2 aromatic rings. The highest BCUT2D eigenvalue weighted by Crippen LogP contribution is 2.05. The molecule has 0 bridgehead atoms. The number of hydrogen-bond acceptors (Lipinski definition) is 4. The Hall–Kier alpha value is -2.14. The Morgan fingerprint density at radius 2 is 2.11 bits per heavy atom. The van der Waals surface area contributed by atoms with Crippen molar-refractivity contribution in [2.75, 3.05) is 18.4 Å². The van der Waals surface area contributed by atoms with E-state index in [1.54, 1.807) is 24.5 Å². The van der Waals surface area contributed by atoms with Gasteiger partial charge in [-0.3, -0.25) is 9.78 Å². The molecular weight excluding hydrogens is 264 g/mol. The molecule has 2 heterocycles. The lowest BCUT2D eigenvalue weighted by Crippen LogP contribution is -2.29. The summed E-state index contributed by atoms with van der Waals surface area (Å²) in [6.45, 7) is 1.11. The third-order valence-electron chi connectivity index (χ3n) is 2.36. The SMILES string of the molecule is O=C(NCCNc1cccnc1)c1ccc(Cl)cn1. The zero-order chi connectivity index (χ0) is 13.5. The molecule has 0 unspecified atom stereocenters. The molecule has 1 amide bonds. The Bertz CT molecular complexity index is 530. The van der Waals surface area contributed by atoms with Gasteiger partial charge in [-0.15, -0.1) is 0 Å². The van der Waals surface area contributed by atoms with Crippen LogP contribution in [-0.4, -0.2) is 29.0 Å². The van der Waals surface area contributed by atoms with Crippen molar-refractivity contribution in [1.82, 2.24) is 15.3 Å². The molecule has 5 nitrogen and oxygen atoms in total. The van der Waals surface area contributed by atoms with E-state index < -0.39 is 0 Å². The van der Waals surface area contributed by atoms with Gasteiger partial charge in [-0.2, -0.15) is 0 Å². The first-order valence-corrected chi connectivity index (χ1v) is 6.17. The fourth-order valence-corrected chi connectivity index (χ4v) is 1.56. The minimum absolute atomic E-state index is 0.218. The molecule has 0 fully saturated rings. The molecule has 98 valence electrons. The van der Waals surface area contributed by atoms with E-state index in [2.05, 4.69) is 20.6 Å². The fourth-order valence-electron chi connectivity index (χ4n) is 1.45. The van der Waals surface area contributed by atoms with Crippen LogP contribution in [0.15, 0.2) is 42.9 Å². The number of hydrogen-bond donors (Lipinski definition) is 2. The molecule has 2 N–H and O–H groups in total. The average Bonchev–Trinajstić information content (AvgIpc) is 2.45. The van der Waals surface area contributed by atoms with Gasteiger partial charge in [-0.25, -0.2) is 4.98 Å². The van der Waals surface area contributed by atoms with Gasteiger partial charge in [0.15, 0.2) is 0 Å². The number of carbonyl (C=O) groups excluding carboxylic acids is 1. The van der Waals surface area contributed by atoms with Crippen LogP contribution in [0, 0.1) is 0 Å². The predicted molar refractivity (Wildman–Crippen MR) is 74.3 cm³/mol. The Labute approximate surface area is 116 Å². The van der Waals surface area contributed by atoms with Crippen LogP contribution in [0.2, 0.25) is 5.02 Å². The van der Waals surface area contributed by atoms with Gasteiger partial charge in [-0.05, 0) is 24.3 Å². The maximum absolute atomic E-state index is 11.7. The van der Waals surface area contributed by atoms with Gasteiger partial charge in [0, 0.05) is 31.7 Å². The predicted octanol–water partition coefficient (Wildman–Crippen LogP) is 1.97. The van der Waals surface area contributed by atoms with Gasteiger partial charge in [0.05, 0.1) is 10.7 Å². The number of pyridine rings is 2. The normalized spacial score (nSPS) is 9.95. The van der Waals surface area contributed by atoms with Crippen molar-refractivity contribution in [3.63, 3.8) is 0 Å². The first-order valence-electron chi connectivity index (χ1n) is 5.79. The molecule has 0 aliphatic rings. The summed E-state index contributed by atoms with van der Waals surface area (Å²) in [5.41, 5.74) is 1.27. The molecule has 0 saturated carbocycles. The van der Waals surface area contributed by atoms with E-state index in [0.717, 1.165) is 5.69 Å². The van der Waals surface area contributed by atoms with Crippen LogP contribution in [0.5, 0.6) is 0 Å². The summed E-state index contributed by atoms with van der Waals surface area (Å²) in [5.74, 6) is -0.218. The minimum Gasteiger partial charge on any atom is -0.382 e. The second-order valence-electron chi connectivity index (χ2n) is 3.79. The fraction of sp³-hybridized carbons (Fsp3) is 0.154. The number of carbonyl (C=O) groups is 1. The minimum atomic E-state index is -0.218. The summed E-state index contributed by atoms with van der Waals surface area (Å²) >= 11 is 5.70. The molecule has 0 aromatic carbocycles. The molecule has 0 radical (unpaired) electrons. The third-order valence-corrected chi connectivity index (χ3v) is 2.58. The van der Waals surface area contributed by atoms with Crippen molar-refractivity contribution in [3.8, 4) is 0 Å². The lowest BCUT2D eigenvalue weighted by Gasteiger charge is -2.07. The van der Waals surface area contributed by atoms with E-state index in [1.165, 1.54) is 6.20 Å². The number of halogens is 1. The van der Waals surface area contributed by atoms with Gasteiger partial charge in [0.1, 0.15) is 5.69 Å². The van der Waals surface area contributed by atoms with E-state index in [-0.39, 0.29) is 5.91 Å². The number of nitrogens with one attached hydrogen (secondary N) is 2. The van der Waals surface area contributed by atoms with E-state index >= 15 is 0 Å². The summed E-state index contributed by atoms with van der Waals surface area (Å²) in [6, 6.07) is 6.98. The lowest BCUT2D eigenvalue weighted by atomic mass is 10.3. The molecular formula is C13H13ClN4O. The van der Waals surface area contributed by atoms with Crippen LogP contribution in [0.1, 0.15) is 10.5 Å². The Morgan fingerprint density at radius 1 is 1.21 bits per heavy atom. The van der Waals surface area contributed by atoms with Gasteiger partial charge >= 0.3 is 0 Å². The van der Waals surface area contributed by atoms with Gasteiger partial charge in [0.25, 0.3) is 5.91 Å². The Kier molecular flexibility index (Phi) is 4.69. The van der Waals surface area contributed by atoms with Crippen LogP contribution in [0.4, 0.5) is 5.69 Å². The Morgan fingerprint density at radius 3 is 2.79 bits per heavy atom. The maximum atomic E-state index is 11.7. The zero-order valence-electron chi connectivity index (χ0n) is 10.1. The summed E-state index contributed by atoms with van der Waals surface area (Å²) in [7, 11) is 0. The van der Waals surface area contributed by atoms with Gasteiger partial charge < -0.3 is 10.6 Å². The average molecular weight is 277 g/mol. The lowest BCUT2D eigenvalue weighted by molar-refractivity contribution is 0.0950. The highest BCUT2D eigenvalue weighted by Gasteiger charge is 2.05. The number of anilines is 1. The largest absolute Gasteiger partial charge is 0.382 e. The quantitative estimate of drug-likeness (QED) is 0.820. The van der Waals surface area contributed by atoms with Crippen LogP contribution in [0.25, 0.3) is 0 Å². The van der Waals surface area contributed by atoms with Crippen molar-refractivity contribution in [2.45, 2.75) is 0 Å². The van der Waals surface area contributed by atoms with Crippen molar-refractivity contribution in [2.24, 2.45) is 0 Å². The van der Waals surface area contributed by atoms with Crippen molar-refractivity contribution in [1.29, 1.82) is 0 Å². The topological polar surface area (TPSA) is 66.9 Å². The highest BCUT2D eigenvalue weighted by atomic mass is 35.5. The summed E-state index contributed by atoms with van der Waals surface area (Å²) in [6.07, 6.45) is 4.88. The van der Waals surface area contributed by atoms with Crippen LogP contribution in [-0.2, 0) is 0 Å². The van der Waals surface area contributed by atoms with E-state index in [1.807, 2.05) is 12.1 Å². The molecule has 0 aliphatic heterocycles. The first-order chi connectivity index (χ1) is 9.25. The van der Waals surface area contributed by atoms with Crippen LogP contribution in [0.3, 0.4) is 0 Å². The molecule has 0 aliphatic carbocycles. The van der Waals surface area contributed by atoms with E-state index in [0.29, 0.717) is 23.8 Å². The Balaban J connectivity index is 1.74. The second kappa shape index (κ2) is 6.70. The molecule has 6 heteroatoms. The summed E-state index contributed by atoms with van der Waals surface area (Å²) in [4.78, 5) is 19.6. The van der Waals surface area contributed by atoms with Gasteiger partial charge in [0.2, 0.25) is 0 Å². The number of aromatic nitrogens is 2. The summed E-state index contributed by atoms with van der Waals surface area (Å²) in [5, 5.41) is 6.41. The zero-order valence-corrected chi connectivity index (χ0v) is 10.9. The number of amides is 1. The highest BCUT2D eigenvalue weighted by molar-refractivity contribution is 6.30. The molecule has 0 saturated heterocycles. The van der Waals surface area contributed by atoms with Crippen molar-refractivity contribution >= 4 is 23.2 Å². The van der Waals surface area contributed by atoms with E-state index in [9.17, 15) is 4.79 Å². The molecule has 2 aromatic heterocycles. The molecule has 0 atom stereocenters. The van der Waals surface area contributed by atoms with Crippen molar-refractivity contribution < 1.29 is 4.79 Å². The first kappa shape index (κ1) is 13.3. The standard InChI is InChI=1S/C13H13ClN4O/c14-10-3-4-12(18-8-10)13(19)17-7-6-16-11-2-1-5-15-9-11/h1-5,8-9,16H,6-7H2,(H,17,19). The smallest absolute Gasteiger partial charge is 0.269 e. The van der Waals surface area contributed by atoms with Crippen LogP contribution >= 0.6 is 11.6 Å². The van der Waals surface area contributed by atoms with Crippen molar-refractivity contribution in [3.05, 3.63) is 53.6 Å². The van der Waals surface area contributed by atoms with Gasteiger partial charge in [-0.1, -0.05) is 11.6 Å².